The van der Waals surface area contributed by atoms with Crippen LogP contribution in [0, 0.1) is 0 Å². The summed E-state index contributed by atoms with van der Waals surface area (Å²) in [6.45, 7) is 3.14. The third-order valence-electron chi connectivity index (χ3n) is 5.50. The number of likely N-dealkylation sites (tertiary alicyclic amines) is 1. The van der Waals surface area contributed by atoms with Crippen LogP contribution >= 0.6 is 0 Å². The average Bonchev–Trinajstić information content (AvgIpc) is 3.56. The molecular formula is C22H22N8O3. The van der Waals surface area contributed by atoms with E-state index in [1.807, 2.05) is 13.1 Å². The molecule has 1 aliphatic heterocycles. The molecule has 1 aliphatic rings. The molecule has 1 atom stereocenters. The highest BCUT2D eigenvalue weighted by molar-refractivity contribution is 5.87. The zero-order valence-corrected chi connectivity index (χ0v) is 18.1. The Bertz CT molecular complexity index is 1370. The Balaban J connectivity index is 1.43. The van der Waals surface area contributed by atoms with E-state index < -0.39 is 11.5 Å². The molecule has 1 unspecified atom stereocenters. The highest BCUT2D eigenvalue weighted by Gasteiger charge is 2.48. The molecule has 0 bridgehead atoms. The highest BCUT2D eigenvalue weighted by Crippen LogP contribution is 2.34. The molecule has 1 amide bonds. The van der Waals surface area contributed by atoms with Gasteiger partial charge in [0.2, 0.25) is 11.5 Å². The van der Waals surface area contributed by atoms with Crippen molar-refractivity contribution in [2.24, 2.45) is 0 Å². The minimum Gasteiger partial charge on any atom is -0.373 e. The number of aryl methyl sites for hydroxylation is 1. The largest absolute Gasteiger partial charge is 0.373 e. The smallest absolute Gasteiger partial charge is 0.262 e. The molecule has 0 radical (unpaired) electrons. The van der Waals surface area contributed by atoms with Gasteiger partial charge in [-0.3, -0.25) is 9.48 Å². The number of aromatic nitrogens is 6. The van der Waals surface area contributed by atoms with Gasteiger partial charge in [-0.25, -0.2) is 15.0 Å². The monoisotopic (exact) mass is 447 g/mol. The van der Waals surface area contributed by atoms with Crippen LogP contribution in [0.15, 0.2) is 53.3 Å². The second-order valence-corrected chi connectivity index (χ2v) is 7.71. The van der Waals surface area contributed by atoms with E-state index in [2.05, 4.69) is 30.5 Å². The molecule has 0 saturated carbocycles. The van der Waals surface area contributed by atoms with Crippen LogP contribution in [0.25, 0.3) is 22.8 Å². The number of amides is 1. The molecule has 11 nitrogen and oxygen atoms in total. The quantitative estimate of drug-likeness (QED) is 0.456. The van der Waals surface area contributed by atoms with Crippen molar-refractivity contribution in [3.8, 4) is 22.8 Å². The number of carbonyl (C=O) groups is 1. The first-order valence-electron chi connectivity index (χ1n) is 10.9. The SMILES string of the molecule is [2H]c1cc(-c2cccc(-c3cc(C4(O)CCN(C)C4=O)on3)n2)nc(Nc2ccn(CC)n2)n1. The zero-order valence-electron chi connectivity index (χ0n) is 19.1. The van der Waals surface area contributed by atoms with E-state index in [9.17, 15) is 9.90 Å². The molecule has 4 aromatic heterocycles. The molecule has 0 aliphatic carbocycles. The number of anilines is 2. The summed E-state index contributed by atoms with van der Waals surface area (Å²) in [6, 6.07) is 10.1. The van der Waals surface area contributed by atoms with E-state index in [1.165, 1.54) is 17.0 Å². The van der Waals surface area contributed by atoms with E-state index >= 15 is 0 Å². The second-order valence-electron chi connectivity index (χ2n) is 7.71. The summed E-state index contributed by atoms with van der Waals surface area (Å²) in [6.07, 6.45) is 2.08. The molecule has 1 fully saturated rings. The molecule has 33 heavy (non-hydrogen) atoms. The average molecular weight is 447 g/mol. The molecule has 5 rings (SSSR count). The number of rotatable bonds is 6. The van der Waals surface area contributed by atoms with Crippen LogP contribution in [-0.4, -0.2) is 59.4 Å². The fourth-order valence-corrected chi connectivity index (χ4v) is 3.63. The summed E-state index contributed by atoms with van der Waals surface area (Å²) in [7, 11) is 1.63. The molecule has 4 aromatic rings. The van der Waals surface area contributed by atoms with Crippen molar-refractivity contribution in [3.63, 3.8) is 0 Å². The Kier molecular flexibility index (Phi) is 4.80. The lowest BCUT2D eigenvalue weighted by molar-refractivity contribution is -0.144. The predicted molar refractivity (Wildman–Crippen MR) is 118 cm³/mol. The summed E-state index contributed by atoms with van der Waals surface area (Å²) >= 11 is 0. The molecule has 0 spiro atoms. The predicted octanol–water partition coefficient (Wildman–Crippen LogP) is 2.20. The molecular weight excluding hydrogens is 424 g/mol. The Morgan fingerprint density at radius 1 is 1.21 bits per heavy atom. The lowest BCUT2D eigenvalue weighted by Crippen LogP contribution is -2.35. The summed E-state index contributed by atoms with van der Waals surface area (Å²) in [5.41, 5.74) is 0.0487. The summed E-state index contributed by atoms with van der Waals surface area (Å²) < 4.78 is 15.2. The number of carbonyl (C=O) groups excluding carboxylic acids is 1. The van der Waals surface area contributed by atoms with E-state index in [-0.39, 0.29) is 24.3 Å². The number of pyridine rings is 1. The Morgan fingerprint density at radius 3 is 2.73 bits per heavy atom. The van der Waals surface area contributed by atoms with Crippen molar-refractivity contribution >= 4 is 17.7 Å². The molecule has 0 aromatic carbocycles. The Labute approximate surface area is 190 Å². The van der Waals surface area contributed by atoms with E-state index in [4.69, 9.17) is 5.89 Å². The van der Waals surface area contributed by atoms with Gasteiger partial charge >= 0.3 is 0 Å². The first kappa shape index (κ1) is 19.6. The summed E-state index contributed by atoms with van der Waals surface area (Å²) in [5, 5.41) is 22.2. The lowest BCUT2D eigenvalue weighted by atomic mass is 9.98. The van der Waals surface area contributed by atoms with Crippen molar-refractivity contribution < 1.29 is 15.8 Å². The Hall–Kier alpha value is -4.12. The first-order valence-corrected chi connectivity index (χ1v) is 10.4. The van der Waals surface area contributed by atoms with Crippen molar-refractivity contribution in [2.75, 3.05) is 18.9 Å². The van der Waals surface area contributed by atoms with Crippen molar-refractivity contribution in [2.45, 2.75) is 25.5 Å². The number of hydrogen-bond acceptors (Lipinski definition) is 9. The van der Waals surface area contributed by atoms with Gasteiger partial charge < -0.3 is 19.8 Å². The zero-order chi connectivity index (χ0) is 23.9. The van der Waals surface area contributed by atoms with E-state index in [1.54, 1.807) is 36.0 Å². The standard InChI is InChI=1S/C22H22N8O3/c1-3-30-11-8-19(27-30)26-21-23-10-7-16(25-21)14-5-4-6-15(24-14)17-13-18(33-28-17)22(32)9-12-29(2)20(22)31/h4-8,10-11,13,32H,3,9,12H2,1-2H3,(H,23,25,26,27)/i10D. The molecule has 11 heteroatoms. The summed E-state index contributed by atoms with van der Waals surface area (Å²) in [4.78, 5) is 27.0. The third kappa shape index (κ3) is 3.82. The van der Waals surface area contributed by atoms with Gasteiger partial charge in [-0.05, 0) is 25.1 Å². The molecule has 5 heterocycles. The van der Waals surface area contributed by atoms with Crippen LogP contribution in [0.1, 0.15) is 20.5 Å². The summed E-state index contributed by atoms with van der Waals surface area (Å²) in [5.74, 6) is 0.452. The normalized spacial score (nSPS) is 18.6. The minimum atomic E-state index is -1.73. The van der Waals surface area contributed by atoms with Crippen LogP contribution < -0.4 is 5.32 Å². The van der Waals surface area contributed by atoms with Crippen molar-refractivity contribution in [1.82, 2.24) is 34.8 Å². The first-order chi connectivity index (χ1) is 16.4. The highest BCUT2D eigenvalue weighted by atomic mass is 16.5. The third-order valence-corrected chi connectivity index (χ3v) is 5.50. The number of hydrogen-bond donors (Lipinski definition) is 2. The number of likely N-dealkylation sites (N-methyl/N-ethyl adjacent to an activating group) is 1. The van der Waals surface area contributed by atoms with Gasteiger partial charge in [-0.15, -0.1) is 0 Å². The van der Waals surface area contributed by atoms with Gasteiger partial charge in [0.25, 0.3) is 5.91 Å². The fourth-order valence-electron chi connectivity index (χ4n) is 3.63. The van der Waals surface area contributed by atoms with Gasteiger partial charge in [0.1, 0.15) is 5.69 Å². The topological polar surface area (TPSA) is 135 Å². The van der Waals surface area contributed by atoms with E-state index in [0.29, 0.717) is 35.1 Å². The molecule has 1 saturated heterocycles. The molecule has 2 N–H and O–H groups in total. The fraction of sp³-hybridized carbons (Fsp3) is 0.273. The van der Waals surface area contributed by atoms with Gasteiger partial charge in [0, 0.05) is 51.1 Å². The minimum absolute atomic E-state index is 0.0180. The number of nitrogens with one attached hydrogen (secondary N) is 1. The molecule has 168 valence electrons. The van der Waals surface area contributed by atoms with Gasteiger partial charge in [-0.1, -0.05) is 11.2 Å². The van der Waals surface area contributed by atoms with Crippen LogP contribution in [0.5, 0.6) is 0 Å². The van der Waals surface area contributed by atoms with Crippen LogP contribution in [0.3, 0.4) is 0 Å². The van der Waals surface area contributed by atoms with E-state index in [0.717, 1.165) is 6.54 Å². The van der Waals surface area contributed by atoms with Gasteiger partial charge in [0.05, 0.1) is 18.5 Å². The van der Waals surface area contributed by atoms with Crippen molar-refractivity contribution in [1.29, 1.82) is 0 Å². The maximum atomic E-state index is 12.4. The van der Waals surface area contributed by atoms with Gasteiger partial charge in [0.15, 0.2) is 11.6 Å². The number of aliphatic hydroxyl groups is 1. The maximum absolute atomic E-state index is 12.4. The van der Waals surface area contributed by atoms with Crippen LogP contribution in [0.2, 0.25) is 0 Å². The Morgan fingerprint density at radius 2 is 2.00 bits per heavy atom. The van der Waals surface area contributed by atoms with Crippen LogP contribution in [0.4, 0.5) is 11.8 Å². The van der Waals surface area contributed by atoms with Gasteiger partial charge in [-0.2, -0.15) is 5.10 Å². The van der Waals surface area contributed by atoms with Crippen LogP contribution in [-0.2, 0) is 16.9 Å². The number of nitrogens with zero attached hydrogens (tertiary/aromatic N) is 7. The lowest BCUT2D eigenvalue weighted by Gasteiger charge is -2.16. The second kappa shape index (κ2) is 8.10. The maximum Gasteiger partial charge on any atom is 0.262 e. The van der Waals surface area contributed by atoms with Crippen molar-refractivity contribution in [3.05, 3.63) is 54.5 Å².